The monoisotopic (exact) mass is 959 g/mol. The highest BCUT2D eigenvalue weighted by Gasteiger charge is 2.53. The van der Waals surface area contributed by atoms with E-state index >= 15 is 0 Å². The highest BCUT2D eigenvalue weighted by Crippen LogP contribution is 2.50. The second-order valence-electron chi connectivity index (χ2n) is 23.0. The van der Waals surface area contributed by atoms with Gasteiger partial charge in [0.15, 0.2) is 0 Å². The van der Waals surface area contributed by atoms with Gasteiger partial charge in [-0.3, -0.25) is 0 Å². The van der Waals surface area contributed by atoms with Gasteiger partial charge >= 0.3 is 0 Å². The molecule has 0 fully saturated rings. The van der Waals surface area contributed by atoms with Gasteiger partial charge in [0.05, 0.1) is 0 Å². The highest BCUT2D eigenvalue weighted by molar-refractivity contribution is 7.05. The Hall–Kier alpha value is -8.23. The van der Waals surface area contributed by atoms with E-state index in [1.54, 1.807) is 0 Å². The van der Waals surface area contributed by atoms with Crippen LogP contribution in [0.25, 0.3) is 0 Å². The molecule has 0 saturated carbocycles. The first-order valence-electron chi connectivity index (χ1n) is 26.0. The van der Waals surface area contributed by atoms with Crippen molar-refractivity contribution in [3.8, 4) is 46.0 Å². The average molecular weight is 960 g/mol. The quantitative estimate of drug-likeness (QED) is 0.164. The highest BCUT2D eigenvalue weighted by atomic mass is 16.5. The van der Waals surface area contributed by atoms with Crippen molar-refractivity contribution in [3.05, 3.63) is 181 Å². The minimum absolute atomic E-state index is 0.0291. The van der Waals surface area contributed by atoms with Crippen LogP contribution in [0.15, 0.2) is 170 Å². The van der Waals surface area contributed by atoms with E-state index in [1.807, 2.05) is 0 Å². The second kappa shape index (κ2) is 15.2. The zero-order valence-electron chi connectivity index (χ0n) is 42.9. The lowest BCUT2D eigenvalue weighted by atomic mass is 9.29. The van der Waals surface area contributed by atoms with Gasteiger partial charge in [-0.15, -0.1) is 0 Å². The van der Waals surface area contributed by atoms with Crippen molar-refractivity contribution in [2.24, 2.45) is 0 Å². The van der Waals surface area contributed by atoms with Crippen LogP contribution >= 0.6 is 0 Å². The summed E-state index contributed by atoms with van der Waals surface area (Å²) in [5.74, 6) is 6.61. The fraction of sp³-hybridized carbons (Fsp3) is 0.156. The Morgan fingerprint density at radius 3 is 1.22 bits per heavy atom. The minimum Gasteiger partial charge on any atom is -0.459 e. The van der Waals surface area contributed by atoms with Crippen LogP contribution in [0.2, 0.25) is 0 Å². The van der Waals surface area contributed by atoms with Crippen molar-refractivity contribution >= 4 is 109 Å². The van der Waals surface area contributed by atoms with Gasteiger partial charge in [0.1, 0.15) is 46.0 Å². The molecule has 0 unspecified atom stereocenters. The van der Waals surface area contributed by atoms with Crippen LogP contribution in [0, 0.1) is 0 Å². The van der Waals surface area contributed by atoms with Crippen molar-refractivity contribution in [1.82, 2.24) is 0 Å². The smallest absolute Gasteiger partial charge is 0.261 e. The minimum atomic E-state index is -0.367. The molecule has 0 bridgehead atoms. The van der Waals surface area contributed by atoms with Gasteiger partial charge in [0, 0.05) is 83.0 Å². The first-order chi connectivity index (χ1) is 35.8. The molecule has 6 heterocycles. The Morgan fingerprint density at radius 2 is 0.770 bits per heavy atom. The largest absolute Gasteiger partial charge is 0.459 e. The molecular formula is C64H52B3N3O4. The summed E-state index contributed by atoms with van der Waals surface area (Å²) in [5.41, 5.74) is 19.7. The normalized spacial score (nSPS) is 14.5. The third-order valence-corrected chi connectivity index (χ3v) is 16.4. The number of anilines is 7. The molecular weight excluding hydrogens is 907 g/mol. The maximum absolute atomic E-state index is 7.56. The fourth-order valence-electron chi connectivity index (χ4n) is 12.8. The number of fused-ring (bicyclic) bond motifs is 14. The zero-order valence-corrected chi connectivity index (χ0v) is 42.9. The number of hydrogen-bond acceptors (Lipinski definition) is 7. The lowest BCUT2D eigenvalue weighted by Crippen LogP contribution is -2.66. The first kappa shape index (κ1) is 43.4. The van der Waals surface area contributed by atoms with Gasteiger partial charge in [-0.2, -0.15) is 0 Å². The predicted molar refractivity (Wildman–Crippen MR) is 308 cm³/mol. The van der Waals surface area contributed by atoms with Crippen molar-refractivity contribution in [1.29, 1.82) is 0 Å². The molecule has 0 atom stereocenters. The molecule has 7 nitrogen and oxygen atoms in total. The molecule has 6 aliphatic rings. The standard InChI is InChI=1S/C64H52B3N3O4/c1-63(2,3)37-24-28-39(29-25-37)69-46-19-15-20-47-56(46)67(57-48(69)35-54-59-61(57)73-51-22-13-10-17-43(51)65(59)42-16-9-12-21-50(42)71-54)58-49(70(47)40-30-26-38(27-31-40)64(4,5)6)36-55-60-62(58)74-52-23-14-11-18-44(52)66(60)45-33-32-41(68(7)8)34-53(45)72-55/h9-36H,1-8H3. The molecule has 6 aliphatic heterocycles. The topological polar surface area (TPSA) is 46.6 Å². The summed E-state index contributed by atoms with van der Waals surface area (Å²) < 4.78 is 29.4. The summed E-state index contributed by atoms with van der Waals surface area (Å²) in [6, 6.07) is 61.9. The third kappa shape index (κ3) is 6.05. The Balaban J connectivity index is 1.08. The van der Waals surface area contributed by atoms with Gasteiger partial charge < -0.3 is 33.6 Å². The molecule has 0 saturated heterocycles. The van der Waals surface area contributed by atoms with Crippen molar-refractivity contribution in [2.75, 3.05) is 28.8 Å². The summed E-state index contributed by atoms with van der Waals surface area (Å²) in [6.07, 6.45) is 0. The number of nitrogens with zero attached hydrogens (tertiary/aromatic N) is 3. The molecule has 0 amide bonds. The molecule has 0 radical (unpaired) electrons. The second-order valence-corrected chi connectivity index (χ2v) is 23.0. The molecule has 0 N–H and O–H groups in total. The van der Waals surface area contributed by atoms with E-state index in [0.717, 1.165) is 130 Å². The first-order valence-corrected chi connectivity index (χ1v) is 26.0. The van der Waals surface area contributed by atoms with Gasteiger partial charge in [-0.25, -0.2) is 0 Å². The van der Waals surface area contributed by atoms with Crippen molar-refractivity contribution in [3.63, 3.8) is 0 Å². The number of benzene rings is 9. The van der Waals surface area contributed by atoms with Crippen LogP contribution in [0.1, 0.15) is 52.7 Å². The molecule has 0 aromatic heterocycles. The van der Waals surface area contributed by atoms with Crippen LogP contribution in [-0.4, -0.2) is 34.2 Å². The number of ether oxygens (including phenoxy) is 4. The van der Waals surface area contributed by atoms with E-state index < -0.39 is 0 Å². The lowest BCUT2D eigenvalue weighted by Gasteiger charge is -2.47. The molecule has 9 aromatic carbocycles. The summed E-state index contributed by atoms with van der Waals surface area (Å²) in [4.78, 5) is 7.04. The Bertz CT molecular complexity index is 3890. The van der Waals surface area contributed by atoms with E-state index in [4.69, 9.17) is 18.9 Å². The Kier molecular flexibility index (Phi) is 8.89. The fourth-order valence-corrected chi connectivity index (χ4v) is 12.8. The van der Waals surface area contributed by atoms with Crippen molar-refractivity contribution in [2.45, 2.75) is 52.4 Å². The Labute approximate surface area is 434 Å². The maximum atomic E-state index is 7.56. The maximum Gasteiger partial charge on any atom is 0.261 e. The third-order valence-electron chi connectivity index (χ3n) is 16.4. The number of hydrogen-bond donors (Lipinski definition) is 0. The van der Waals surface area contributed by atoms with Gasteiger partial charge in [0.2, 0.25) is 0 Å². The van der Waals surface area contributed by atoms with E-state index in [-0.39, 0.29) is 31.0 Å². The van der Waals surface area contributed by atoms with Crippen molar-refractivity contribution < 1.29 is 18.9 Å². The lowest BCUT2D eigenvalue weighted by molar-refractivity contribution is 0.466. The Morgan fingerprint density at radius 1 is 0.351 bits per heavy atom. The van der Waals surface area contributed by atoms with Crippen LogP contribution in [-0.2, 0) is 10.8 Å². The summed E-state index contributed by atoms with van der Waals surface area (Å²) in [5, 5.41) is 0. The van der Waals surface area contributed by atoms with E-state index in [1.165, 1.54) is 16.6 Å². The van der Waals surface area contributed by atoms with Crippen LogP contribution in [0.4, 0.5) is 39.8 Å². The molecule has 9 aromatic rings. The number of para-hydroxylation sites is 3. The number of rotatable bonds is 3. The van der Waals surface area contributed by atoms with Gasteiger partial charge in [-0.05, 0) is 121 Å². The van der Waals surface area contributed by atoms with Crippen LogP contribution in [0.3, 0.4) is 0 Å². The predicted octanol–water partition coefficient (Wildman–Crippen LogP) is 9.89. The molecule has 0 spiro atoms. The van der Waals surface area contributed by atoms with Crippen LogP contribution < -0.4 is 82.8 Å². The van der Waals surface area contributed by atoms with Gasteiger partial charge in [-0.1, -0.05) is 133 Å². The van der Waals surface area contributed by atoms with E-state index in [2.05, 4.69) is 240 Å². The van der Waals surface area contributed by atoms with E-state index in [9.17, 15) is 0 Å². The molecule has 356 valence electrons. The van der Waals surface area contributed by atoms with Crippen LogP contribution in [0.5, 0.6) is 46.0 Å². The molecule has 10 heteroatoms. The summed E-state index contributed by atoms with van der Waals surface area (Å²) in [7, 11) is 4.16. The zero-order chi connectivity index (χ0) is 50.1. The average Bonchev–Trinajstić information content (AvgIpc) is 3.40. The van der Waals surface area contributed by atoms with Gasteiger partial charge in [0.25, 0.3) is 20.1 Å². The molecule has 0 aliphatic carbocycles. The summed E-state index contributed by atoms with van der Waals surface area (Å²) in [6.45, 7) is 13.0. The van der Waals surface area contributed by atoms with E-state index in [0.29, 0.717) is 0 Å². The molecule has 74 heavy (non-hydrogen) atoms. The summed E-state index contributed by atoms with van der Waals surface area (Å²) >= 11 is 0. The SMILES string of the molecule is CN(C)c1ccc2c(c1)Oc1cc3c(c4c1B2c1ccccc1O4)B1c2c(cccc2N3c2ccc(C(C)(C)C)cc2)N(c2ccc(C(C)(C)C)cc2)c2cc3c4c(c21)Oc1ccccc1B4c1ccccc1O3. The molecule has 15 rings (SSSR count).